The summed E-state index contributed by atoms with van der Waals surface area (Å²) in [5.41, 5.74) is 1.98. The molecule has 0 fully saturated rings. The fraction of sp³-hybridized carbons (Fsp3) is 0.286. The smallest absolute Gasteiger partial charge is 0.243 e. The normalized spacial score (nSPS) is 12.6. The second-order valence-electron chi connectivity index (χ2n) is 8.41. The minimum Gasteiger partial charge on any atom is -0.352 e. The molecule has 0 saturated carbocycles. The van der Waals surface area contributed by atoms with E-state index in [9.17, 15) is 9.59 Å². The zero-order chi connectivity index (χ0) is 25.2. The number of nitrogens with one attached hydrogen (secondary N) is 1. The van der Waals surface area contributed by atoms with Crippen LogP contribution in [0.4, 0.5) is 0 Å². The van der Waals surface area contributed by atoms with E-state index in [0.29, 0.717) is 18.0 Å². The lowest BCUT2D eigenvalue weighted by Gasteiger charge is -2.32. The molecule has 0 aliphatic carbocycles. The molecule has 0 aliphatic rings. The molecule has 4 nitrogen and oxygen atoms in total. The van der Waals surface area contributed by atoms with Crippen molar-refractivity contribution in [3.63, 3.8) is 0 Å². The first-order valence-corrected chi connectivity index (χ1v) is 13.8. The van der Waals surface area contributed by atoms with Crippen LogP contribution in [0.25, 0.3) is 0 Å². The highest BCUT2D eigenvalue weighted by Gasteiger charge is 2.31. The summed E-state index contributed by atoms with van der Waals surface area (Å²) in [5, 5.41) is 3.75. The Bertz CT molecular complexity index is 1090. The van der Waals surface area contributed by atoms with Crippen LogP contribution < -0.4 is 5.32 Å². The fourth-order valence-electron chi connectivity index (χ4n) is 3.54. The number of benzene rings is 3. The van der Waals surface area contributed by atoms with Crippen LogP contribution in [-0.2, 0) is 22.6 Å². The minimum absolute atomic E-state index is 0.0221. The average Bonchev–Trinajstić information content (AvgIpc) is 2.87. The van der Waals surface area contributed by atoms with Crippen LogP contribution in [0.3, 0.4) is 0 Å². The Morgan fingerprint density at radius 2 is 1.63 bits per heavy atom. The highest BCUT2D eigenvalue weighted by atomic mass is 79.9. The van der Waals surface area contributed by atoms with Crippen molar-refractivity contribution in [1.29, 1.82) is 0 Å². The Labute approximate surface area is 225 Å². The third-order valence-corrected chi connectivity index (χ3v) is 7.49. The number of amides is 2. The monoisotopic (exact) mass is 572 g/mol. The second kappa shape index (κ2) is 13.7. The molecule has 3 rings (SSSR count). The molecule has 184 valence electrons. The van der Waals surface area contributed by atoms with Crippen molar-refractivity contribution in [3.05, 3.63) is 99.5 Å². The maximum Gasteiger partial charge on any atom is 0.243 e. The van der Waals surface area contributed by atoms with E-state index < -0.39 is 6.04 Å². The van der Waals surface area contributed by atoms with Gasteiger partial charge in [-0.3, -0.25) is 9.59 Å². The summed E-state index contributed by atoms with van der Waals surface area (Å²) >= 11 is 10.9. The van der Waals surface area contributed by atoms with Gasteiger partial charge in [-0.25, -0.2) is 0 Å². The summed E-state index contributed by atoms with van der Waals surface area (Å²) < 4.78 is 0.966. The van der Waals surface area contributed by atoms with Gasteiger partial charge < -0.3 is 10.2 Å². The van der Waals surface area contributed by atoms with Crippen molar-refractivity contribution in [2.45, 2.75) is 50.2 Å². The molecule has 2 atom stereocenters. The van der Waals surface area contributed by atoms with Gasteiger partial charge in [-0.05, 0) is 60.9 Å². The number of nitrogens with zero attached hydrogens (tertiary/aromatic N) is 1. The van der Waals surface area contributed by atoms with Crippen molar-refractivity contribution in [3.8, 4) is 0 Å². The van der Waals surface area contributed by atoms with Crippen LogP contribution in [-0.4, -0.2) is 34.6 Å². The van der Waals surface area contributed by atoms with Crippen molar-refractivity contribution >= 4 is 51.1 Å². The van der Waals surface area contributed by atoms with Crippen LogP contribution >= 0.6 is 39.3 Å². The molecule has 3 aromatic rings. The zero-order valence-electron chi connectivity index (χ0n) is 19.9. The Morgan fingerprint density at radius 1 is 0.971 bits per heavy atom. The molecule has 1 N–H and O–H groups in total. The maximum absolute atomic E-state index is 13.6. The lowest BCUT2D eigenvalue weighted by molar-refractivity contribution is -0.139. The van der Waals surface area contributed by atoms with E-state index in [1.54, 1.807) is 4.90 Å². The van der Waals surface area contributed by atoms with Gasteiger partial charge in [-0.1, -0.05) is 76.9 Å². The molecule has 0 saturated heterocycles. The van der Waals surface area contributed by atoms with Crippen molar-refractivity contribution in [1.82, 2.24) is 10.2 Å². The molecule has 2 unspecified atom stereocenters. The summed E-state index contributed by atoms with van der Waals surface area (Å²) in [6, 6.07) is 24.5. The van der Waals surface area contributed by atoms with Gasteiger partial charge >= 0.3 is 0 Å². The molecule has 0 heterocycles. The van der Waals surface area contributed by atoms with Crippen LogP contribution in [0.5, 0.6) is 0 Å². The predicted octanol–water partition coefficient (Wildman–Crippen LogP) is 6.75. The first-order valence-electron chi connectivity index (χ1n) is 11.6. The molecule has 3 aromatic carbocycles. The van der Waals surface area contributed by atoms with E-state index >= 15 is 0 Å². The summed E-state index contributed by atoms with van der Waals surface area (Å²) in [6.07, 6.45) is 1.26. The molecule has 0 spiro atoms. The van der Waals surface area contributed by atoms with Gasteiger partial charge in [-0.15, -0.1) is 11.8 Å². The average molecular weight is 574 g/mol. The van der Waals surface area contributed by atoms with Gasteiger partial charge in [0.15, 0.2) is 0 Å². The zero-order valence-corrected chi connectivity index (χ0v) is 23.1. The van der Waals surface area contributed by atoms with Crippen molar-refractivity contribution < 1.29 is 9.59 Å². The van der Waals surface area contributed by atoms with E-state index in [1.807, 2.05) is 92.7 Å². The molecule has 35 heavy (non-hydrogen) atoms. The van der Waals surface area contributed by atoms with E-state index in [4.69, 9.17) is 11.6 Å². The Balaban J connectivity index is 1.89. The molecular weight excluding hydrogens is 544 g/mol. The number of carbonyl (C=O) groups excluding carboxylic acids is 2. The number of carbonyl (C=O) groups is 2. The lowest BCUT2D eigenvalue weighted by atomic mass is 10.0. The molecule has 0 aromatic heterocycles. The van der Waals surface area contributed by atoms with Crippen LogP contribution in [0.2, 0.25) is 5.02 Å². The molecule has 2 amide bonds. The molecule has 0 bridgehead atoms. The second-order valence-corrected chi connectivity index (χ2v) is 10.8. The predicted molar refractivity (Wildman–Crippen MR) is 149 cm³/mol. The third kappa shape index (κ3) is 8.71. The van der Waals surface area contributed by atoms with Crippen molar-refractivity contribution in [2.24, 2.45) is 0 Å². The third-order valence-electron chi connectivity index (χ3n) is 5.71. The van der Waals surface area contributed by atoms with Crippen LogP contribution in [0.15, 0.2) is 88.2 Å². The van der Waals surface area contributed by atoms with Gasteiger partial charge in [-0.2, -0.15) is 0 Å². The number of thioether (sulfide) groups is 1. The first-order chi connectivity index (χ1) is 16.9. The standard InChI is InChI=1S/C28H30BrClN2O2S/c1-3-20(2)31-28(34)26(17-21-7-5-4-6-8-21)32(18-22-9-11-23(29)12-10-22)27(33)19-35-25-15-13-24(30)14-16-25/h4-16,20,26H,3,17-19H2,1-2H3,(H,31,34). The quantitative estimate of drug-likeness (QED) is 0.258. The van der Waals surface area contributed by atoms with Gasteiger partial charge in [0.1, 0.15) is 6.04 Å². The highest BCUT2D eigenvalue weighted by Crippen LogP contribution is 2.23. The molecule has 0 aliphatic heterocycles. The van der Waals surface area contributed by atoms with Gasteiger partial charge in [0, 0.05) is 33.4 Å². The summed E-state index contributed by atoms with van der Waals surface area (Å²) in [6.45, 7) is 4.36. The van der Waals surface area contributed by atoms with E-state index in [2.05, 4.69) is 21.2 Å². The van der Waals surface area contributed by atoms with E-state index in [-0.39, 0.29) is 23.6 Å². The van der Waals surface area contributed by atoms with Gasteiger partial charge in [0.25, 0.3) is 0 Å². The fourth-order valence-corrected chi connectivity index (χ4v) is 4.72. The molecule has 0 radical (unpaired) electrons. The largest absolute Gasteiger partial charge is 0.352 e. The summed E-state index contributed by atoms with van der Waals surface area (Å²) in [4.78, 5) is 29.8. The van der Waals surface area contributed by atoms with Crippen LogP contribution in [0.1, 0.15) is 31.4 Å². The maximum atomic E-state index is 13.6. The number of hydrogen-bond acceptors (Lipinski definition) is 3. The van der Waals surface area contributed by atoms with Gasteiger partial charge in [0.05, 0.1) is 5.75 Å². The Hall–Kier alpha value is -2.28. The topological polar surface area (TPSA) is 49.4 Å². The Morgan fingerprint density at radius 3 is 2.26 bits per heavy atom. The molecular formula is C28H30BrClN2O2S. The molecule has 7 heteroatoms. The highest BCUT2D eigenvalue weighted by molar-refractivity contribution is 9.10. The van der Waals surface area contributed by atoms with E-state index in [0.717, 1.165) is 26.9 Å². The first kappa shape index (κ1) is 27.3. The Kier molecular flexibility index (Phi) is 10.7. The SMILES string of the molecule is CCC(C)NC(=O)C(Cc1ccccc1)N(Cc1ccc(Br)cc1)C(=O)CSc1ccc(Cl)cc1. The van der Waals surface area contributed by atoms with E-state index in [1.165, 1.54) is 11.8 Å². The lowest BCUT2D eigenvalue weighted by Crippen LogP contribution is -2.52. The number of halogens is 2. The summed E-state index contributed by atoms with van der Waals surface area (Å²) in [5.74, 6) is -0.00155. The number of rotatable bonds is 11. The van der Waals surface area contributed by atoms with Crippen molar-refractivity contribution in [2.75, 3.05) is 5.75 Å². The minimum atomic E-state index is -0.631. The van der Waals surface area contributed by atoms with Gasteiger partial charge in [0.2, 0.25) is 11.8 Å². The van der Waals surface area contributed by atoms with Crippen LogP contribution in [0, 0.1) is 0 Å². The number of hydrogen-bond donors (Lipinski definition) is 1. The summed E-state index contributed by atoms with van der Waals surface area (Å²) in [7, 11) is 0.